The normalized spacial score (nSPS) is 17.1. The second kappa shape index (κ2) is 5.88. The largest absolute Gasteiger partial charge is 0.396 e. The molecule has 0 aromatic carbocycles. The van der Waals surface area contributed by atoms with E-state index >= 15 is 0 Å². The zero-order valence-corrected chi connectivity index (χ0v) is 11.3. The minimum atomic E-state index is -0.351. The highest BCUT2D eigenvalue weighted by molar-refractivity contribution is 5.85. The number of nitrogens with one attached hydrogen (secondary N) is 1. The number of nitrogens with two attached hydrogens (primary N) is 1. The number of nitrogens with zero attached hydrogens (tertiary/aromatic N) is 2. The number of amides is 1. The van der Waals surface area contributed by atoms with Crippen molar-refractivity contribution in [3.63, 3.8) is 0 Å². The highest BCUT2D eigenvalue weighted by Crippen LogP contribution is 2.17. The summed E-state index contributed by atoms with van der Waals surface area (Å²) in [6.07, 6.45) is 1.73. The van der Waals surface area contributed by atoms with Crippen molar-refractivity contribution in [1.29, 1.82) is 0 Å². The van der Waals surface area contributed by atoms with Crippen LogP contribution >= 0.6 is 0 Å². The predicted octanol–water partition coefficient (Wildman–Crippen LogP) is 0.631. The first-order valence-electron chi connectivity index (χ1n) is 6.43. The maximum atomic E-state index is 12.2. The third-order valence-electron chi connectivity index (χ3n) is 3.10. The SMILES string of the molecule is Cc1cnc(NC(C)C(=O)N2CCOCC2)c(N)c1. The standard InChI is InChI=1S/C13H20N4O2/c1-9-7-11(14)12(15-8-9)16-10(2)13(18)17-3-5-19-6-4-17/h7-8,10H,3-6,14H2,1-2H3,(H,15,16). The van der Waals surface area contributed by atoms with Gasteiger partial charge in [0, 0.05) is 19.3 Å². The number of aryl methyl sites for hydroxylation is 1. The molecule has 0 spiro atoms. The number of nitrogen functional groups attached to an aromatic ring is 1. The Morgan fingerprint density at radius 3 is 2.84 bits per heavy atom. The zero-order valence-electron chi connectivity index (χ0n) is 11.3. The number of morpholine rings is 1. The summed E-state index contributed by atoms with van der Waals surface area (Å²) in [6.45, 7) is 6.23. The third kappa shape index (κ3) is 3.35. The summed E-state index contributed by atoms with van der Waals surface area (Å²) >= 11 is 0. The van der Waals surface area contributed by atoms with Crippen molar-refractivity contribution >= 4 is 17.4 Å². The van der Waals surface area contributed by atoms with E-state index in [9.17, 15) is 4.79 Å². The lowest BCUT2D eigenvalue weighted by molar-refractivity contribution is -0.135. The average molecular weight is 264 g/mol. The Kier molecular flexibility index (Phi) is 4.21. The van der Waals surface area contributed by atoms with Gasteiger partial charge >= 0.3 is 0 Å². The molecule has 1 amide bonds. The van der Waals surface area contributed by atoms with Gasteiger partial charge in [-0.3, -0.25) is 4.79 Å². The van der Waals surface area contributed by atoms with Crippen molar-refractivity contribution in [1.82, 2.24) is 9.88 Å². The van der Waals surface area contributed by atoms with Gasteiger partial charge in [-0.25, -0.2) is 4.98 Å². The van der Waals surface area contributed by atoms with Gasteiger partial charge in [-0.2, -0.15) is 0 Å². The topological polar surface area (TPSA) is 80.5 Å². The molecular weight excluding hydrogens is 244 g/mol. The van der Waals surface area contributed by atoms with Gasteiger partial charge in [-0.05, 0) is 25.5 Å². The van der Waals surface area contributed by atoms with E-state index in [0.29, 0.717) is 37.8 Å². The molecule has 1 saturated heterocycles. The van der Waals surface area contributed by atoms with Crippen LogP contribution in [0, 0.1) is 6.92 Å². The van der Waals surface area contributed by atoms with Crippen molar-refractivity contribution in [3.05, 3.63) is 17.8 Å². The molecule has 6 heteroatoms. The minimum absolute atomic E-state index is 0.0464. The average Bonchev–Trinajstić information content (AvgIpc) is 2.42. The van der Waals surface area contributed by atoms with E-state index < -0.39 is 0 Å². The van der Waals surface area contributed by atoms with Crippen LogP contribution in [-0.2, 0) is 9.53 Å². The number of ether oxygens (including phenoxy) is 1. The number of rotatable bonds is 3. The van der Waals surface area contributed by atoms with Gasteiger partial charge < -0.3 is 20.7 Å². The number of hydrogen-bond donors (Lipinski definition) is 2. The molecule has 1 aromatic rings. The van der Waals surface area contributed by atoms with E-state index in [1.807, 2.05) is 19.9 Å². The molecule has 6 nitrogen and oxygen atoms in total. The van der Waals surface area contributed by atoms with Crippen LogP contribution in [0.25, 0.3) is 0 Å². The quantitative estimate of drug-likeness (QED) is 0.837. The van der Waals surface area contributed by atoms with Crippen molar-refractivity contribution in [3.8, 4) is 0 Å². The van der Waals surface area contributed by atoms with E-state index in [4.69, 9.17) is 10.5 Å². The summed E-state index contributed by atoms with van der Waals surface area (Å²) in [6, 6.07) is 1.48. The highest BCUT2D eigenvalue weighted by atomic mass is 16.5. The molecule has 19 heavy (non-hydrogen) atoms. The number of carbonyl (C=O) groups is 1. The Morgan fingerprint density at radius 2 is 2.21 bits per heavy atom. The summed E-state index contributed by atoms with van der Waals surface area (Å²) in [5, 5.41) is 3.07. The molecule has 1 fully saturated rings. The van der Waals surface area contributed by atoms with Crippen LogP contribution in [0.5, 0.6) is 0 Å². The molecule has 1 atom stereocenters. The van der Waals surface area contributed by atoms with Crippen LogP contribution in [0.2, 0.25) is 0 Å². The third-order valence-corrected chi connectivity index (χ3v) is 3.10. The number of hydrogen-bond acceptors (Lipinski definition) is 5. The van der Waals surface area contributed by atoms with E-state index in [1.165, 1.54) is 0 Å². The molecule has 3 N–H and O–H groups in total. The highest BCUT2D eigenvalue weighted by Gasteiger charge is 2.22. The van der Waals surface area contributed by atoms with Crippen LogP contribution in [0.3, 0.4) is 0 Å². The number of aromatic nitrogens is 1. The van der Waals surface area contributed by atoms with Gasteiger partial charge in [0.1, 0.15) is 11.9 Å². The molecule has 2 heterocycles. The van der Waals surface area contributed by atoms with Gasteiger partial charge in [-0.15, -0.1) is 0 Å². The van der Waals surface area contributed by atoms with Gasteiger partial charge in [-0.1, -0.05) is 0 Å². The minimum Gasteiger partial charge on any atom is -0.396 e. The summed E-state index contributed by atoms with van der Waals surface area (Å²) in [7, 11) is 0. The van der Waals surface area contributed by atoms with Crippen molar-refractivity contribution in [2.45, 2.75) is 19.9 Å². The molecule has 104 valence electrons. The van der Waals surface area contributed by atoms with Crippen LogP contribution in [0.1, 0.15) is 12.5 Å². The number of anilines is 2. The molecule has 1 aromatic heterocycles. The fraction of sp³-hybridized carbons (Fsp3) is 0.538. The van der Waals surface area contributed by atoms with Crippen molar-refractivity contribution in [2.75, 3.05) is 37.4 Å². The summed E-state index contributed by atoms with van der Waals surface area (Å²) in [4.78, 5) is 18.2. The smallest absolute Gasteiger partial charge is 0.244 e. The van der Waals surface area contributed by atoms with E-state index in [0.717, 1.165) is 5.56 Å². The molecule has 1 aliphatic rings. The second-order valence-electron chi connectivity index (χ2n) is 4.75. The van der Waals surface area contributed by atoms with Gasteiger partial charge in [0.05, 0.1) is 18.9 Å². The van der Waals surface area contributed by atoms with Crippen LogP contribution in [-0.4, -0.2) is 48.1 Å². The molecule has 1 aliphatic heterocycles. The Hall–Kier alpha value is -1.82. The molecule has 0 saturated carbocycles. The fourth-order valence-corrected chi connectivity index (χ4v) is 2.04. The van der Waals surface area contributed by atoms with Crippen molar-refractivity contribution < 1.29 is 9.53 Å². The van der Waals surface area contributed by atoms with E-state index in [2.05, 4.69) is 10.3 Å². The number of carbonyl (C=O) groups excluding carboxylic acids is 1. The Morgan fingerprint density at radius 1 is 1.53 bits per heavy atom. The lowest BCUT2D eigenvalue weighted by atomic mass is 10.2. The van der Waals surface area contributed by atoms with E-state index in [1.54, 1.807) is 11.1 Å². The van der Waals surface area contributed by atoms with Crippen LogP contribution < -0.4 is 11.1 Å². The zero-order chi connectivity index (χ0) is 13.8. The Bertz CT molecular complexity index is 458. The predicted molar refractivity (Wildman–Crippen MR) is 73.9 cm³/mol. The summed E-state index contributed by atoms with van der Waals surface area (Å²) in [5.41, 5.74) is 7.43. The summed E-state index contributed by atoms with van der Waals surface area (Å²) < 4.78 is 5.23. The van der Waals surface area contributed by atoms with Gasteiger partial charge in [0.15, 0.2) is 0 Å². The Balaban J connectivity index is 1.99. The second-order valence-corrected chi connectivity index (χ2v) is 4.75. The maximum absolute atomic E-state index is 12.2. The molecular formula is C13H20N4O2. The first kappa shape index (κ1) is 13.6. The van der Waals surface area contributed by atoms with Gasteiger partial charge in [0.2, 0.25) is 5.91 Å². The molecule has 1 unspecified atom stereocenters. The molecule has 0 aliphatic carbocycles. The fourth-order valence-electron chi connectivity index (χ4n) is 2.04. The first-order chi connectivity index (χ1) is 9.08. The molecule has 0 bridgehead atoms. The summed E-state index contributed by atoms with van der Waals surface area (Å²) in [5.74, 6) is 0.602. The Labute approximate surface area is 112 Å². The van der Waals surface area contributed by atoms with Crippen molar-refractivity contribution in [2.24, 2.45) is 0 Å². The molecule has 0 radical (unpaired) electrons. The first-order valence-corrected chi connectivity index (χ1v) is 6.43. The monoisotopic (exact) mass is 264 g/mol. The lowest BCUT2D eigenvalue weighted by Gasteiger charge is -2.29. The maximum Gasteiger partial charge on any atom is 0.244 e. The van der Waals surface area contributed by atoms with Gasteiger partial charge in [0.25, 0.3) is 0 Å². The number of pyridine rings is 1. The van der Waals surface area contributed by atoms with E-state index in [-0.39, 0.29) is 11.9 Å². The van der Waals surface area contributed by atoms with Crippen LogP contribution in [0.4, 0.5) is 11.5 Å². The molecule has 2 rings (SSSR count). The lowest BCUT2D eigenvalue weighted by Crippen LogP contribution is -2.47. The van der Waals surface area contributed by atoms with Crippen LogP contribution in [0.15, 0.2) is 12.3 Å².